The van der Waals surface area contributed by atoms with Crippen LogP contribution in [-0.2, 0) is 9.53 Å². The van der Waals surface area contributed by atoms with Crippen LogP contribution in [0.1, 0.15) is 25.8 Å². The lowest BCUT2D eigenvalue weighted by molar-refractivity contribution is -0.138. The molecule has 0 aliphatic rings. The van der Waals surface area contributed by atoms with Crippen LogP contribution in [-0.4, -0.2) is 19.1 Å². The maximum Gasteiger partial charge on any atom is 0.351 e. The van der Waals surface area contributed by atoms with Gasteiger partial charge in [0.2, 0.25) is 0 Å². The molecule has 0 saturated carbocycles. The van der Waals surface area contributed by atoms with Crippen molar-refractivity contribution in [2.24, 2.45) is 5.73 Å². The van der Waals surface area contributed by atoms with E-state index >= 15 is 0 Å². The predicted molar refractivity (Wildman–Crippen MR) is 78.6 cm³/mol. The van der Waals surface area contributed by atoms with E-state index in [2.05, 4.69) is 5.32 Å². The van der Waals surface area contributed by atoms with E-state index in [1.165, 1.54) is 0 Å². The average molecular weight is 273 g/mol. The summed E-state index contributed by atoms with van der Waals surface area (Å²) in [5.41, 5.74) is 7.44. The Balaban J connectivity index is 2.98. The minimum Gasteiger partial charge on any atom is -0.462 e. The van der Waals surface area contributed by atoms with Gasteiger partial charge in [0.15, 0.2) is 5.57 Å². The Kier molecular flexibility index (Phi) is 6.11. The molecule has 0 heterocycles. The number of ether oxygens (including phenoxy) is 1. The van der Waals surface area contributed by atoms with Gasteiger partial charge in [0.05, 0.1) is 12.3 Å². The highest BCUT2D eigenvalue weighted by Crippen LogP contribution is 2.17. The van der Waals surface area contributed by atoms with Gasteiger partial charge in [-0.25, -0.2) is 4.79 Å². The van der Waals surface area contributed by atoms with Crippen molar-refractivity contribution in [1.82, 2.24) is 0 Å². The van der Waals surface area contributed by atoms with Crippen molar-refractivity contribution in [1.29, 1.82) is 5.26 Å². The van der Waals surface area contributed by atoms with Gasteiger partial charge in [0.1, 0.15) is 6.07 Å². The number of esters is 1. The molecule has 20 heavy (non-hydrogen) atoms. The summed E-state index contributed by atoms with van der Waals surface area (Å²) in [6.07, 6.45) is 0.696. The first kappa shape index (κ1) is 15.6. The normalized spacial score (nSPS) is 11.2. The Hall–Kier alpha value is -2.48. The molecule has 0 radical (unpaired) electrons. The van der Waals surface area contributed by atoms with Gasteiger partial charge in [-0.2, -0.15) is 5.26 Å². The summed E-state index contributed by atoms with van der Waals surface area (Å²) in [7, 11) is 0. The van der Waals surface area contributed by atoms with Crippen LogP contribution in [0.2, 0.25) is 0 Å². The zero-order valence-corrected chi connectivity index (χ0v) is 11.8. The summed E-state index contributed by atoms with van der Waals surface area (Å²) in [5, 5.41) is 12.2. The minimum absolute atomic E-state index is 0.136. The second-order valence-corrected chi connectivity index (χ2v) is 4.14. The molecule has 0 aliphatic carbocycles. The molecule has 0 bridgehead atoms. The van der Waals surface area contributed by atoms with Crippen molar-refractivity contribution in [3.63, 3.8) is 0 Å². The Labute approximate surface area is 119 Å². The van der Waals surface area contributed by atoms with E-state index in [0.29, 0.717) is 12.0 Å². The second-order valence-electron chi connectivity index (χ2n) is 4.14. The zero-order valence-electron chi connectivity index (χ0n) is 11.8. The largest absolute Gasteiger partial charge is 0.462 e. The fraction of sp³-hybridized carbons (Fsp3) is 0.333. The molecule has 1 rings (SSSR count). The summed E-state index contributed by atoms with van der Waals surface area (Å²) in [4.78, 5) is 11.7. The topological polar surface area (TPSA) is 88.1 Å². The van der Waals surface area contributed by atoms with Crippen LogP contribution in [0.3, 0.4) is 0 Å². The molecule has 106 valence electrons. The van der Waals surface area contributed by atoms with Gasteiger partial charge < -0.3 is 15.8 Å². The summed E-state index contributed by atoms with van der Waals surface area (Å²) in [6, 6.07) is 9.03. The smallest absolute Gasteiger partial charge is 0.351 e. The van der Waals surface area contributed by atoms with E-state index in [-0.39, 0.29) is 17.9 Å². The zero-order chi connectivity index (χ0) is 15.0. The third kappa shape index (κ3) is 4.02. The number of carbonyl (C=O) groups is 1. The van der Waals surface area contributed by atoms with Crippen molar-refractivity contribution in [2.45, 2.75) is 20.3 Å². The monoisotopic (exact) mass is 273 g/mol. The van der Waals surface area contributed by atoms with E-state index < -0.39 is 5.97 Å². The van der Waals surface area contributed by atoms with E-state index in [1.54, 1.807) is 12.1 Å². The van der Waals surface area contributed by atoms with Crippen LogP contribution in [0.5, 0.6) is 0 Å². The highest BCUT2D eigenvalue weighted by atomic mass is 16.5. The number of benzene rings is 1. The van der Waals surface area contributed by atoms with Crippen LogP contribution >= 0.6 is 0 Å². The van der Waals surface area contributed by atoms with Crippen molar-refractivity contribution >= 4 is 17.4 Å². The lowest BCUT2D eigenvalue weighted by Gasteiger charge is -2.08. The molecule has 0 fully saturated rings. The number of hydrogen-bond acceptors (Lipinski definition) is 5. The van der Waals surface area contributed by atoms with Crippen molar-refractivity contribution in [3.8, 4) is 6.07 Å². The Morgan fingerprint density at radius 3 is 2.50 bits per heavy atom. The highest BCUT2D eigenvalue weighted by Gasteiger charge is 2.16. The first-order valence-corrected chi connectivity index (χ1v) is 6.55. The maximum absolute atomic E-state index is 11.7. The van der Waals surface area contributed by atoms with Gasteiger partial charge in [0, 0.05) is 12.2 Å². The molecule has 5 nitrogen and oxygen atoms in total. The van der Waals surface area contributed by atoms with Crippen LogP contribution in [0.25, 0.3) is 5.70 Å². The molecule has 5 heteroatoms. The minimum atomic E-state index is -0.678. The SMILES string of the molecule is CCCOC(=O)/C(C#N)=C(\N)c1ccc(NCC)cc1. The molecule has 3 N–H and O–H groups in total. The fourth-order valence-corrected chi connectivity index (χ4v) is 1.60. The quantitative estimate of drug-likeness (QED) is 0.471. The third-order valence-corrected chi connectivity index (χ3v) is 2.60. The van der Waals surface area contributed by atoms with Gasteiger partial charge in [-0.3, -0.25) is 0 Å². The number of nitrogens with zero attached hydrogens (tertiary/aromatic N) is 1. The molecule has 1 aromatic rings. The first-order valence-electron chi connectivity index (χ1n) is 6.55. The summed E-state index contributed by atoms with van der Waals surface area (Å²) < 4.78 is 4.94. The Morgan fingerprint density at radius 1 is 1.35 bits per heavy atom. The molecule has 0 aliphatic heterocycles. The van der Waals surface area contributed by atoms with Crippen molar-refractivity contribution < 1.29 is 9.53 Å². The summed E-state index contributed by atoms with van der Waals surface area (Å²) in [6.45, 7) is 4.97. The average Bonchev–Trinajstić information content (AvgIpc) is 2.46. The van der Waals surface area contributed by atoms with Crippen molar-refractivity contribution in [2.75, 3.05) is 18.5 Å². The molecular formula is C15H19N3O2. The first-order chi connectivity index (χ1) is 9.63. The summed E-state index contributed by atoms with van der Waals surface area (Å²) in [5.74, 6) is -0.678. The fourth-order valence-electron chi connectivity index (χ4n) is 1.60. The molecule has 0 spiro atoms. The van der Waals surface area contributed by atoms with Gasteiger partial charge in [-0.05, 0) is 31.0 Å². The van der Waals surface area contributed by atoms with Gasteiger partial charge in [0.25, 0.3) is 0 Å². The van der Waals surface area contributed by atoms with Gasteiger partial charge >= 0.3 is 5.97 Å². The predicted octanol–water partition coefficient (Wildman–Crippen LogP) is 2.26. The van der Waals surface area contributed by atoms with Crippen LogP contribution in [0.4, 0.5) is 5.69 Å². The second kappa shape index (κ2) is 7.85. The number of hydrogen-bond donors (Lipinski definition) is 2. The number of anilines is 1. The maximum atomic E-state index is 11.7. The van der Waals surface area contributed by atoms with Crippen molar-refractivity contribution in [3.05, 3.63) is 35.4 Å². The lowest BCUT2D eigenvalue weighted by atomic mass is 10.1. The van der Waals surface area contributed by atoms with Crippen LogP contribution < -0.4 is 11.1 Å². The molecule has 1 aromatic carbocycles. The summed E-state index contributed by atoms with van der Waals surface area (Å²) >= 11 is 0. The van der Waals surface area contributed by atoms with E-state index in [9.17, 15) is 4.79 Å². The number of nitrogens with one attached hydrogen (secondary N) is 1. The van der Waals surface area contributed by atoms with E-state index in [0.717, 1.165) is 12.2 Å². The van der Waals surface area contributed by atoms with Crippen LogP contribution in [0.15, 0.2) is 29.8 Å². The standard InChI is InChI=1S/C15H19N3O2/c1-3-9-20-15(19)13(10-16)14(17)11-5-7-12(8-6-11)18-4-2/h5-8,18H,3-4,9,17H2,1-2H3/b14-13-. The Bertz CT molecular complexity index is 527. The van der Waals surface area contributed by atoms with Crippen LogP contribution in [0, 0.1) is 11.3 Å². The molecule has 0 amide bonds. The number of nitriles is 1. The Morgan fingerprint density at radius 2 is 2.00 bits per heavy atom. The van der Waals surface area contributed by atoms with Gasteiger partial charge in [-0.15, -0.1) is 0 Å². The third-order valence-electron chi connectivity index (χ3n) is 2.60. The number of nitrogens with two attached hydrogens (primary N) is 1. The number of rotatable bonds is 6. The van der Waals surface area contributed by atoms with Gasteiger partial charge in [-0.1, -0.05) is 19.1 Å². The molecule has 0 atom stereocenters. The highest BCUT2D eigenvalue weighted by molar-refractivity contribution is 6.01. The van der Waals surface area contributed by atoms with E-state index in [4.69, 9.17) is 15.7 Å². The lowest BCUT2D eigenvalue weighted by Crippen LogP contribution is -2.13. The molecule has 0 saturated heterocycles. The number of carbonyl (C=O) groups excluding carboxylic acids is 1. The van der Waals surface area contributed by atoms with E-state index in [1.807, 2.05) is 32.0 Å². The molecular weight excluding hydrogens is 254 g/mol. The molecule has 0 aromatic heterocycles. The molecule has 0 unspecified atom stereocenters.